The molecule has 4 heteroatoms. The number of carbonyl (C=O) groups is 1. The lowest BCUT2D eigenvalue weighted by Gasteiger charge is -2.17. The fraction of sp³-hybridized carbons (Fsp3) is 0.750. The summed E-state index contributed by atoms with van der Waals surface area (Å²) in [6.45, 7) is 6.58. The first-order chi connectivity index (χ1) is 7.51. The summed E-state index contributed by atoms with van der Waals surface area (Å²) >= 11 is 0. The van der Waals surface area contributed by atoms with Crippen LogP contribution < -0.4 is 5.32 Å². The Bertz CT molecular complexity index is 236. The number of aliphatic hydroxyl groups is 1. The predicted octanol–water partition coefficient (Wildman–Crippen LogP) is 1.40. The lowest BCUT2D eigenvalue weighted by molar-refractivity contribution is -0.132. The standard InChI is InChI=1S/C12H23NO3/c1-4-10(12(15)16)5-6-13-11(8-14)7-9(2)3/h5,9,11,13-14H,4,6-8H2,1-3H3,(H,15,16). The highest BCUT2D eigenvalue weighted by atomic mass is 16.4. The van der Waals surface area contributed by atoms with Crippen molar-refractivity contribution >= 4 is 5.97 Å². The van der Waals surface area contributed by atoms with Crippen LogP contribution in [0.25, 0.3) is 0 Å². The van der Waals surface area contributed by atoms with E-state index in [0.29, 0.717) is 24.5 Å². The fourth-order valence-electron chi connectivity index (χ4n) is 1.52. The number of aliphatic carboxylic acids is 1. The molecule has 0 amide bonds. The van der Waals surface area contributed by atoms with E-state index in [0.717, 1.165) is 6.42 Å². The largest absolute Gasteiger partial charge is 0.478 e. The minimum Gasteiger partial charge on any atom is -0.478 e. The van der Waals surface area contributed by atoms with Crippen molar-refractivity contribution in [2.24, 2.45) is 5.92 Å². The van der Waals surface area contributed by atoms with Crippen molar-refractivity contribution < 1.29 is 15.0 Å². The van der Waals surface area contributed by atoms with Gasteiger partial charge < -0.3 is 15.5 Å². The second-order valence-corrected chi connectivity index (χ2v) is 4.31. The molecule has 0 bridgehead atoms. The molecule has 0 saturated heterocycles. The van der Waals surface area contributed by atoms with Crippen LogP contribution in [-0.4, -0.2) is 35.4 Å². The summed E-state index contributed by atoms with van der Waals surface area (Å²) in [6, 6.07) is 0.0446. The monoisotopic (exact) mass is 229 g/mol. The van der Waals surface area contributed by atoms with Crippen LogP contribution in [0.5, 0.6) is 0 Å². The summed E-state index contributed by atoms with van der Waals surface area (Å²) in [5, 5.41) is 21.0. The number of carboxylic acid groups (broad SMARTS) is 1. The van der Waals surface area contributed by atoms with Gasteiger partial charge in [0.15, 0.2) is 0 Å². The minimum atomic E-state index is -0.867. The van der Waals surface area contributed by atoms with E-state index in [2.05, 4.69) is 19.2 Å². The second kappa shape index (κ2) is 8.30. The molecule has 4 nitrogen and oxygen atoms in total. The molecule has 0 aliphatic heterocycles. The van der Waals surface area contributed by atoms with Crippen molar-refractivity contribution in [3.8, 4) is 0 Å². The van der Waals surface area contributed by atoms with Crippen LogP contribution in [0.15, 0.2) is 11.6 Å². The molecule has 1 atom stereocenters. The van der Waals surface area contributed by atoms with E-state index < -0.39 is 5.97 Å². The summed E-state index contributed by atoms with van der Waals surface area (Å²) in [4.78, 5) is 10.7. The summed E-state index contributed by atoms with van der Waals surface area (Å²) in [7, 11) is 0. The molecule has 16 heavy (non-hydrogen) atoms. The van der Waals surface area contributed by atoms with Crippen LogP contribution in [0.2, 0.25) is 0 Å². The van der Waals surface area contributed by atoms with Crippen LogP contribution in [0, 0.1) is 5.92 Å². The number of rotatable bonds is 8. The van der Waals surface area contributed by atoms with Gasteiger partial charge in [-0.05, 0) is 18.8 Å². The van der Waals surface area contributed by atoms with Crippen LogP contribution in [-0.2, 0) is 4.79 Å². The normalized spacial score (nSPS) is 14.2. The summed E-state index contributed by atoms with van der Waals surface area (Å²) in [5.74, 6) is -0.354. The number of nitrogens with one attached hydrogen (secondary N) is 1. The van der Waals surface area contributed by atoms with Gasteiger partial charge in [-0.25, -0.2) is 4.79 Å². The molecule has 0 aromatic carbocycles. The average molecular weight is 229 g/mol. The SMILES string of the molecule is CCC(=CCNC(CO)CC(C)C)C(=O)O. The number of hydrogen-bond acceptors (Lipinski definition) is 3. The highest BCUT2D eigenvalue weighted by Crippen LogP contribution is 2.04. The van der Waals surface area contributed by atoms with Crippen molar-refractivity contribution in [2.75, 3.05) is 13.2 Å². The minimum absolute atomic E-state index is 0.0446. The zero-order valence-corrected chi connectivity index (χ0v) is 10.4. The van der Waals surface area contributed by atoms with E-state index >= 15 is 0 Å². The molecular weight excluding hydrogens is 206 g/mol. The molecule has 0 saturated carbocycles. The number of carboxylic acids is 1. The third-order valence-corrected chi connectivity index (χ3v) is 2.39. The second-order valence-electron chi connectivity index (χ2n) is 4.31. The van der Waals surface area contributed by atoms with Gasteiger partial charge in [-0.3, -0.25) is 0 Å². The summed E-state index contributed by atoms with van der Waals surface area (Å²) < 4.78 is 0. The lowest BCUT2D eigenvalue weighted by Crippen LogP contribution is -2.34. The molecule has 94 valence electrons. The number of hydrogen-bond donors (Lipinski definition) is 3. The first kappa shape index (κ1) is 15.1. The van der Waals surface area contributed by atoms with Crippen molar-refractivity contribution in [3.05, 3.63) is 11.6 Å². The van der Waals surface area contributed by atoms with E-state index in [1.165, 1.54) is 0 Å². The molecule has 3 N–H and O–H groups in total. The molecule has 0 rings (SSSR count). The van der Waals surface area contributed by atoms with E-state index in [-0.39, 0.29) is 12.6 Å². The van der Waals surface area contributed by atoms with Crippen LogP contribution >= 0.6 is 0 Å². The van der Waals surface area contributed by atoms with Crippen molar-refractivity contribution in [2.45, 2.75) is 39.7 Å². The molecule has 0 spiro atoms. The Kier molecular flexibility index (Phi) is 7.85. The molecule has 0 radical (unpaired) electrons. The quantitative estimate of drug-likeness (QED) is 0.550. The molecule has 0 aromatic rings. The average Bonchev–Trinajstić information content (AvgIpc) is 2.21. The fourth-order valence-corrected chi connectivity index (χ4v) is 1.52. The van der Waals surface area contributed by atoms with E-state index in [1.807, 2.05) is 6.92 Å². The Morgan fingerprint density at radius 2 is 2.06 bits per heavy atom. The van der Waals surface area contributed by atoms with Gasteiger partial charge in [0, 0.05) is 18.2 Å². The van der Waals surface area contributed by atoms with Gasteiger partial charge in [0.25, 0.3) is 0 Å². The molecule has 0 fully saturated rings. The zero-order valence-electron chi connectivity index (χ0n) is 10.4. The Labute approximate surface area is 97.4 Å². The van der Waals surface area contributed by atoms with Gasteiger partial charge in [-0.1, -0.05) is 26.8 Å². The molecule has 1 unspecified atom stereocenters. The van der Waals surface area contributed by atoms with E-state index in [4.69, 9.17) is 10.2 Å². The zero-order chi connectivity index (χ0) is 12.6. The first-order valence-electron chi connectivity index (χ1n) is 5.77. The number of aliphatic hydroxyl groups excluding tert-OH is 1. The molecule has 0 aromatic heterocycles. The molecule has 0 heterocycles. The van der Waals surface area contributed by atoms with Crippen LogP contribution in [0.4, 0.5) is 0 Å². The first-order valence-corrected chi connectivity index (χ1v) is 5.77. The van der Waals surface area contributed by atoms with E-state index in [9.17, 15) is 4.79 Å². The maximum Gasteiger partial charge on any atom is 0.331 e. The van der Waals surface area contributed by atoms with Crippen LogP contribution in [0.1, 0.15) is 33.6 Å². The topological polar surface area (TPSA) is 69.6 Å². The van der Waals surface area contributed by atoms with Gasteiger partial charge in [0.05, 0.1) is 6.61 Å². The summed E-state index contributed by atoms with van der Waals surface area (Å²) in [5.41, 5.74) is 0.411. The van der Waals surface area contributed by atoms with Gasteiger partial charge in [0.1, 0.15) is 0 Å². The van der Waals surface area contributed by atoms with Crippen molar-refractivity contribution in [3.63, 3.8) is 0 Å². The van der Waals surface area contributed by atoms with Crippen molar-refractivity contribution in [1.82, 2.24) is 5.32 Å². The maximum absolute atomic E-state index is 10.7. The third kappa shape index (κ3) is 6.58. The Hall–Kier alpha value is -0.870. The highest BCUT2D eigenvalue weighted by Gasteiger charge is 2.08. The van der Waals surface area contributed by atoms with Crippen LogP contribution in [0.3, 0.4) is 0 Å². The predicted molar refractivity (Wildman–Crippen MR) is 64.3 cm³/mol. The third-order valence-electron chi connectivity index (χ3n) is 2.39. The van der Waals surface area contributed by atoms with Gasteiger partial charge >= 0.3 is 5.97 Å². The Morgan fingerprint density at radius 3 is 2.44 bits per heavy atom. The van der Waals surface area contributed by atoms with Gasteiger partial charge in [0.2, 0.25) is 0 Å². The maximum atomic E-state index is 10.7. The van der Waals surface area contributed by atoms with E-state index in [1.54, 1.807) is 6.08 Å². The molecule has 0 aliphatic carbocycles. The molecular formula is C12H23NO3. The lowest BCUT2D eigenvalue weighted by atomic mass is 10.0. The Morgan fingerprint density at radius 1 is 1.44 bits per heavy atom. The molecule has 0 aliphatic rings. The van der Waals surface area contributed by atoms with Crippen molar-refractivity contribution in [1.29, 1.82) is 0 Å². The highest BCUT2D eigenvalue weighted by molar-refractivity contribution is 5.86. The van der Waals surface area contributed by atoms with Gasteiger partial charge in [-0.15, -0.1) is 0 Å². The van der Waals surface area contributed by atoms with Gasteiger partial charge in [-0.2, -0.15) is 0 Å². The Balaban J connectivity index is 4.06. The smallest absolute Gasteiger partial charge is 0.331 e. The summed E-state index contributed by atoms with van der Waals surface area (Å²) in [6.07, 6.45) is 3.08.